The lowest BCUT2D eigenvalue weighted by molar-refractivity contribution is 0.0315. The molecule has 3 rings (SSSR count). The Morgan fingerprint density at radius 2 is 2.15 bits per heavy atom. The van der Waals surface area contributed by atoms with Crippen LogP contribution in [-0.4, -0.2) is 27.5 Å². The van der Waals surface area contributed by atoms with Gasteiger partial charge in [-0.2, -0.15) is 0 Å². The molecule has 0 aliphatic carbocycles. The van der Waals surface area contributed by atoms with E-state index in [2.05, 4.69) is 15.0 Å². The topological polar surface area (TPSA) is 94.2 Å². The first-order chi connectivity index (χ1) is 12.4. The van der Waals surface area contributed by atoms with E-state index < -0.39 is 12.1 Å². The number of carbonyl (C=O) groups excluding carboxylic acids is 1. The molecule has 1 atom stereocenters. The highest BCUT2D eigenvalue weighted by atomic mass is 32.1. The lowest BCUT2D eigenvalue weighted by Gasteiger charge is -2.14. The van der Waals surface area contributed by atoms with Crippen molar-refractivity contribution in [1.29, 1.82) is 0 Å². The summed E-state index contributed by atoms with van der Waals surface area (Å²) in [4.78, 5) is 37.7. The molecule has 0 amide bonds. The average Bonchev–Trinajstić information content (AvgIpc) is 2.90. The van der Waals surface area contributed by atoms with Crippen LogP contribution in [0.1, 0.15) is 46.6 Å². The monoisotopic (exact) mass is 373 g/mol. The van der Waals surface area contributed by atoms with E-state index in [0.29, 0.717) is 22.6 Å². The number of nitrogens with zero attached hydrogens (tertiary/aromatic N) is 2. The van der Waals surface area contributed by atoms with Crippen molar-refractivity contribution >= 4 is 27.5 Å². The molecule has 0 saturated carbocycles. The quantitative estimate of drug-likeness (QED) is 0.690. The van der Waals surface area contributed by atoms with Crippen LogP contribution in [0.4, 0.5) is 0 Å². The van der Waals surface area contributed by atoms with E-state index in [0.717, 1.165) is 10.4 Å². The van der Waals surface area contributed by atoms with Gasteiger partial charge in [0.2, 0.25) is 5.88 Å². The summed E-state index contributed by atoms with van der Waals surface area (Å²) >= 11 is 1.45. The molecule has 8 heteroatoms. The molecule has 0 aliphatic rings. The van der Waals surface area contributed by atoms with Crippen LogP contribution in [0.2, 0.25) is 0 Å². The molecule has 0 saturated heterocycles. The maximum atomic E-state index is 12.5. The van der Waals surface area contributed by atoms with Gasteiger partial charge in [-0.05, 0) is 45.4 Å². The Kier molecular flexibility index (Phi) is 5.03. The molecule has 0 aliphatic heterocycles. The molecule has 0 radical (unpaired) electrons. The number of esters is 1. The lowest BCUT2D eigenvalue weighted by atomic mass is 10.2. The van der Waals surface area contributed by atoms with E-state index in [-0.39, 0.29) is 17.0 Å². The van der Waals surface area contributed by atoms with Crippen molar-refractivity contribution in [2.45, 2.75) is 33.8 Å². The first-order valence-electron chi connectivity index (χ1n) is 8.21. The Morgan fingerprint density at radius 1 is 1.38 bits per heavy atom. The van der Waals surface area contributed by atoms with Crippen molar-refractivity contribution in [1.82, 2.24) is 15.0 Å². The summed E-state index contributed by atoms with van der Waals surface area (Å²) in [6.45, 7) is 7.69. The first-order valence-corrected chi connectivity index (χ1v) is 9.02. The Bertz CT molecular complexity index is 1020. The van der Waals surface area contributed by atoms with E-state index in [9.17, 15) is 9.59 Å². The smallest absolute Gasteiger partial charge is 0.344 e. The number of pyridine rings is 1. The molecule has 3 heterocycles. The summed E-state index contributed by atoms with van der Waals surface area (Å²) in [6, 6.07) is 3.21. The highest BCUT2D eigenvalue weighted by Crippen LogP contribution is 2.27. The van der Waals surface area contributed by atoms with Crippen LogP contribution >= 0.6 is 11.3 Å². The van der Waals surface area contributed by atoms with E-state index in [4.69, 9.17) is 9.47 Å². The van der Waals surface area contributed by atoms with Crippen LogP contribution < -0.4 is 10.3 Å². The SMILES string of the molecule is CCOc1ncccc1C(=O)O[C@@H](C)c1nc2sc(C)c(C)c2c(=O)[nH]1. The predicted molar refractivity (Wildman–Crippen MR) is 99.0 cm³/mol. The molecular formula is C18H19N3O4S. The molecular weight excluding hydrogens is 354 g/mol. The maximum Gasteiger partial charge on any atom is 0.344 e. The van der Waals surface area contributed by atoms with Crippen LogP contribution in [-0.2, 0) is 4.74 Å². The number of aryl methyl sites for hydroxylation is 2. The molecule has 1 N–H and O–H groups in total. The Labute approximate surface area is 154 Å². The van der Waals surface area contributed by atoms with Gasteiger partial charge in [-0.25, -0.2) is 14.8 Å². The standard InChI is InChI=1S/C18H19N3O4S/c1-5-24-16-12(7-6-8-19-16)18(23)25-10(3)14-20-15(22)13-9(2)11(4)26-17(13)21-14/h6-8,10H,5H2,1-4H3,(H,20,21,22)/t10-/m0/s1. The van der Waals surface area contributed by atoms with Crippen LogP contribution in [0.3, 0.4) is 0 Å². The van der Waals surface area contributed by atoms with Gasteiger partial charge in [-0.15, -0.1) is 11.3 Å². The average molecular weight is 373 g/mol. The third-order valence-electron chi connectivity index (χ3n) is 4.00. The fraction of sp³-hybridized carbons (Fsp3) is 0.333. The van der Waals surface area contributed by atoms with Gasteiger partial charge in [0.25, 0.3) is 5.56 Å². The second-order valence-corrected chi connectivity index (χ2v) is 6.95. The predicted octanol–water partition coefficient (Wildman–Crippen LogP) is 3.31. The molecule has 3 aromatic rings. The molecule has 0 bridgehead atoms. The molecule has 136 valence electrons. The van der Waals surface area contributed by atoms with Gasteiger partial charge < -0.3 is 14.5 Å². The molecule has 26 heavy (non-hydrogen) atoms. The van der Waals surface area contributed by atoms with Crippen molar-refractivity contribution in [3.05, 3.63) is 50.5 Å². The van der Waals surface area contributed by atoms with Crippen LogP contribution in [0, 0.1) is 13.8 Å². The largest absolute Gasteiger partial charge is 0.477 e. The summed E-state index contributed by atoms with van der Waals surface area (Å²) in [7, 11) is 0. The zero-order valence-corrected chi connectivity index (χ0v) is 15.8. The molecule has 7 nitrogen and oxygen atoms in total. The normalized spacial score (nSPS) is 12.2. The summed E-state index contributed by atoms with van der Waals surface area (Å²) in [5, 5.41) is 0.584. The molecule has 0 unspecified atom stereocenters. The number of rotatable bonds is 5. The summed E-state index contributed by atoms with van der Waals surface area (Å²) in [6.07, 6.45) is 0.816. The summed E-state index contributed by atoms with van der Waals surface area (Å²) in [5.41, 5.74) is 0.922. The van der Waals surface area contributed by atoms with Gasteiger partial charge in [0, 0.05) is 11.1 Å². The number of carbonyl (C=O) groups is 1. The van der Waals surface area contributed by atoms with Crippen LogP contribution in [0.25, 0.3) is 10.2 Å². The fourth-order valence-corrected chi connectivity index (χ4v) is 3.58. The van der Waals surface area contributed by atoms with E-state index >= 15 is 0 Å². The molecule has 3 aromatic heterocycles. The number of hydrogen-bond acceptors (Lipinski definition) is 7. The summed E-state index contributed by atoms with van der Waals surface area (Å²) in [5.74, 6) is -0.0668. The lowest BCUT2D eigenvalue weighted by Crippen LogP contribution is -2.18. The third-order valence-corrected chi connectivity index (χ3v) is 5.10. The molecule has 0 fully saturated rings. The molecule has 0 aromatic carbocycles. The fourth-order valence-electron chi connectivity index (χ4n) is 2.54. The van der Waals surface area contributed by atoms with Gasteiger partial charge in [-0.1, -0.05) is 0 Å². The number of ether oxygens (including phenoxy) is 2. The highest BCUT2D eigenvalue weighted by Gasteiger charge is 2.21. The Balaban J connectivity index is 1.89. The molecule has 0 spiro atoms. The van der Waals surface area contributed by atoms with Gasteiger partial charge in [0.1, 0.15) is 10.4 Å². The van der Waals surface area contributed by atoms with Crippen molar-refractivity contribution in [2.75, 3.05) is 6.61 Å². The van der Waals surface area contributed by atoms with Crippen molar-refractivity contribution in [3.63, 3.8) is 0 Å². The number of nitrogens with one attached hydrogen (secondary N) is 1. The zero-order valence-electron chi connectivity index (χ0n) is 15.0. The number of hydrogen-bond donors (Lipinski definition) is 1. The number of fused-ring (bicyclic) bond motifs is 1. The number of aromatic amines is 1. The van der Waals surface area contributed by atoms with E-state index in [1.54, 1.807) is 32.2 Å². The minimum atomic E-state index is -0.725. The minimum absolute atomic E-state index is 0.216. The number of aromatic nitrogens is 3. The first kappa shape index (κ1) is 18.1. The minimum Gasteiger partial charge on any atom is -0.477 e. The maximum absolute atomic E-state index is 12.5. The second kappa shape index (κ2) is 7.25. The second-order valence-electron chi connectivity index (χ2n) is 5.75. The van der Waals surface area contributed by atoms with Crippen LogP contribution in [0.5, 0.6) is 5.88 Å². The van der Waals surface area contributed by atoms with Crippen molar-refractivity contribution in [3.8, 4) is 5.88 Å². The van der Waals surface area contributed by atoms with E-state index in [1.165, 1.54) is 11.3 Å². The van der Waals surface area contributed by atoms with Gasteiger partial charge in [-0.3, -0.25) is 4.79 Å². The Morgan fingerprint density at radius 3 is 2.88 bits per heavy atom. The third kappa shape index (κ3) is 3.32. The van der Waals surface area contributed by atoms with Crippen LogP contribution in [0.15, 0.2) is 23.1 Å². The highest BCUT2D eigenvalue weighted by molar-refractivity contribution is 7.18. The van der Waals surface area contributed by atoms with Gasteiger partial charge in [0.05, 0.1) is 12.0 Å². The van der Waals surface area contributed by atoms with E-state index in [1.807, 2.05) is 13.8 Å². The van der Waals surface area contributed by atoms with Crippen molar-refractivity contribution in [2.24, 2.45) is 0 Å². The Hall–Kier alpha value is -2.74. The zero-order chi connectivity index (χ0) is 18.8. The summed E-state index contributed by atoms with van der Waals surface area (Å²) < 4.78 is 10.8. The van der Waals surface area contributed by atoms with Crippen molar-refractivity contribution < 1.29 is 14.3 Å². The number of H-pyrrole nitrogens is 1. The van der Waals surface area contributed by atoms with Gasteiger partial charge >= 0.3 is 5.97 Å². The van der Waals surface area contributed by atoms with Gasteiger partial charge in [0.15, 0.2) is 11.9 Å². The number of thiophene rings is 1.